The van der Waals surface area contributed by atoms with Crippen molar-refractivity contribution in [3.05, 3.63) is 57.3 Å². The third kappa shape index (κ3) is 2.93. The van der Waals surface area contributed by atoms with Crippen LogP contribution in [-0.4, -0.2) is 20.0 Å². The zero-order valence-electron chi connectivity index (χ0n) is 11.9. The highest BCUT2D eigenvalue weighted by molar-refractivity contribution is 9.10. The molecule has 0 radical (unpaired) electrons. The van der Waals surface area contributed by atoms with Crippen LogP contribution in [-0.2, 0) is 0 Å². The first-order valence-corrected chi connectivity index (χ1v) is 7.00. The van der Waals surface area contributed by atoms with E-state index >= 15 is 0 Å². The Morgan fingerprint density at radius 1 is 1.10 bits per heavy atom. The van der Waals surface area contributed by atoms with Crippen molar-refractivity contribution in [3.63, 3.8) is 0 Å². The molecule has 0 N–H and O–H groups in total. The average Bonchev–Trinajstić information content (AvgIpc) is 2.46. The van der Waals surface area contributed by atoms with Gasteiger partial charge in [0, 0.05) is 0 Å². The molecule has 0 bridgehead atoms. The summed E-state index contributed by atoms with van der Waals surface area (Å²) in [5.41, 5.74) is 1.04. The molecule has 0 aliphatic heterocycles. The number of halogens is 2. The summed E-state index contributed by atoms with van der Waals surface area (Å²) in [6, 6.07) is 7.69. The molecule has 2 aromatic rings. The summed E-state index contributed by atoms with van der Waals surface area (Å²) in [6.07, 6.45) is 0. The van der Waals surface area contributed by atoms with E-state index < -0.39 is 11.6 Å². The fourth-order valence-corrected chi connectivity index (χ4v) is 2.69. The molecule has 3 nitrogen and oxygen atoms in total. The van der Waals surface area contributed by atoms with E-state index in [9.17, 15) is 9.18 Å². The van der Waals surface area contributed by atoms with Crippen LogP contribution in [0.3, 0.4) is 0 Å². The first-order valence-electron chi connectivity index (χ1n) is 6.21. The largest absolute Gasteiger partial charge is 0.495 e. The van der Waals surface area contributed by atoms with Gasteiger partial charge in [-0.2, -0.15) is 0 Å². The van der Waals surface area contributed by atoms with Gasteiger partial charge in [-0.05, 0) is 52.7 Å². The Hall–Kier alpha value is -1.88. The molecule has 21 heavy (non-hydrogen) atoms. The molecule has 0 aromatic heterocycles. The predicted octanol–water partition coefficient (Wildman–Crippen LogP) is 4.14. The van der Waals surface area contributed by atoms with Gasteiger partial charge in [-0.3, -0.25) is 4.79 Å². The predicted molar refractivity (Wildman–Crippen MR) is 81.8 cm³/mol. The standard InChI is InChI=1S/C16H14BrFO3/c1-9-4-5-10(12(18)8-9)15(19)11-6-7-13(20-2)14(17)16(11)21-3/h4-8H,1-3H3. The summed E-state index contributed by atoms with van der Waals surface area (Å²) in [6.45, 7) is 1.77. The van der Waals surface area contributed by atoms with E-state index in [1.54, 1.807) is 25.1 Å². The van der Waals surface area contributed by atoms with Crippen LogP contribution in [0.4, 0.5) is 4.39 Å². The van der Waals surface area contributed by atoms with Gasteiger partial charge >= 0.3 is 0 Å². The highest BCUT2D eigenvalue weighted by Gasteiger charge is 2.21. The van der Waals surface area contributed by atoms with Crippen molar-refractivity contribution in [2.75, 3.05) is 14.2 Å². The van der Waals surface area contributed by atoms with Gasteiger partial charge in [0.15, 0.2) is 5.78 Å². The first-order chi connectivity index (χ1) is 9.99. The van der Waals surface area contributed by atoms with Crippen LogP contribution in [0.15, 0.2) is 34.8 Å². The molecule has 0 saturated carbocycles. The molecule has 0 aliphatic carbocycles. The van der Waals surface area contributed by atoms with Crippen molar-refractivity contribution in [1.82, 2.24) is 0 Å². The van der Waals surface area contributed by atoms with Gasteiger partial charge in [0.1, 0.15) is 21.8 Å². The van der Waals surface area contributed by atoms with Gasteiger partial charge in [-0.15, -0.1) is 0 Å². The summed E-state index contributed by atoms with van der Waals surface area (Å²) >= 11 is 3.33. The Balaban J connectivity index is 2.55. The van der Waals surface area contributed by atoms with Crippen molar-refractivity contribution in [1.29, 1.82) is 0 Å². The van der Waals surface area contributed by atoms with Crippen molar-refractivity contribution in [2.45, 2.75) is 6.92 Å². The SMILES string of the molecule is COc1ccc(C(=O)c2ccc(C)cc2F)c(OC)c1Br. The van der Waals surface area contributed by atoms with E-state index in [0.29, 0.717) is 16.0 Å². The molecule has 0 spiro atoms. The Morgan fingerprint density at radius 3 is 2.33 bits per heavy atom. The maximum atomic E-state index is 14.0. The fraction of sp³-hybridized carbons (Fsp3) is 0.188. The third-order valence-corrected chi connectivity index (χ3v) is 3.85. The Labute approximate surface area is 130 Å². The molecule has 0 atom stereocenters. The summed E-state index contributed by atoms with van der Waals surface area (Å²) in [5, 5.41) is 0. The minimum atomic E-state index is -0.547. The number of carbonyl (C=O) groups excluding carboxylic acids is 1. The molecule has 0 saturated heterocycles. The van der Waals surface area contributed by atoms with E-state index in [4.69, 9.17) is 9.47 Å². The summed E-state index contributed by atoms with van der Waals surface area (Å²) in [5.74, 6) is -0.131. The number of methoxy groups -OCH3 is 2. The number of aryl methyl sites for hydroxylation is 1. The van der Waals surface area contributed by atoms with Gasteiger partial charge in [-0.25, -0.2) is 4.39 Å². The lowest BCUT2D eigenvalue weighted by molar-refractivity contribution is 0.103. The second-order valence-electron chi connectivity index (χ2n) is 4.48. The molecule has 0 amide bonds. The molecule has 0 heterocycles. The summed E-state index contributed by atoms with van der Waals surface area (Å²) < 4.78 is 24.9. The lowest BCUT2D eigenvalue weighted by Crippen LogP contribution is -2.07. The second-order valence-corrected chi connectivity index (χ2v) is 5.27. The van der Waals surface area contributed by atoms with Crippen LogP contribution in [0.2, 0.25) is 0 Å². The van der Waals surface area contributed by atoms with Crippen LogP contribution in [0, 0.1) is 12.7 Å². The Kier molecular flexibility index (Phi) is 4.63. The van der Waals surface area contributed by atoms with Gasteiger partial charge in [0.25, 0.3) is 0 Å². The minimum absolute atomic E-state index is 0.0102. The molecule has 2 rings (SSSR count). The van der Waals surface area contributed by atoms with Crippen LogP contribution in [0.25, 0.3) is 0 Å². The van der Waals surface area contributed by atoms with Crippen LogP contribution in [0.5, 0.6) is 11.5 Å². The molecular weight excluding hydrogens is 339 g/mol. The van der Waals surface area contributed by atoms with Gasteiger partial charge in [0.05, 0.1) is 25.3 Å². The van der Waals surface area contributed by atoms with E-state index in [1.165, 1.54) is 26.4 Å². The number of hydrogen-bond acceptors (Lipinski definition) is 3. The van der Waals surface area contributed by atoms with Gasteiger partial charge in [-0.1, -0.05) is 6.07 Å². The summed E-state index contributed by atoms with van der Waals surface area (Å²) in [7, 11) is 2.96. The smallest absolute Gasteiger partial charge is 0.199 e. The topological polar surface area (TPSA) is 35.5 Å². The molecule has 5 heteroatoms. The molecular formula is C16H14BrFO3. The molecule has 0 unspecified atom stereocenters. The molecule has 110 valence electrons. The summed E-state index contributed by atoms with van der Waals surface area (Å²) in [4.78, 5) is 12.5. The fourth-order valence-electron chi connectivity index (χ4n) is 2.02. The lowest BCUT2D eigenvalue weighted by Gasteiger charge is -2.13. The van der Waals surface area contributed by atoms with E-state index in [0.717, 1.165) is 5.56 Å². The van der Waals surface area contributed by atoms with E-state index in [-0.39, 0.29) is 11.1 Å². The maximum absolute atomic E-state index is 14.0. The van der Waals surface area contributed by atoms with E-state index in [1.807, 2.05) is 0 Å². The number of carbonyl (C=O) groups is 1. The van der Waals surface area contributed by atoms with E-state index in [2.05, 4.69) is 15.9 Å². The zero-order valence-corrected chi connectivity index (χ0v) is 13.5. The zero-order chi connectivity index (χ0) is 15.6. The van der Waals surface area contributed by atoms with Crippen LogP contribution < -0.4 is 9.47 Å². The number of ketones is 1. The van der Waals surface area contributed by atoms with Gasteiger partial charge in [0.2, 0.25) is 0 Å². The van der Waals surface area contributed by atoms with Crippen LogP contribution in [0.1, 0.15) is 21.5 Å². The first kappa shape index (κ1) is 15.5. The average molecular weight is 353 g/mol. The third-order valence-electron chi connectivity index (χ3n) is 3.10. The van der Waals surface area contributed by atoms with Crippen molar-refractivity contribution in [3.8, 4) is 11.5 Å². The Bertz CT molecular complexity index is 698. The molecule has 2 aromatic carbocycles. The second kappa shape index (κ2) is 6.26. The maximum Gasteiger partial charge on any atom is 0.199 e. The molecule has 0 fully saturated rings. The molecule has 0 aliphatic rings. The monoisotopic (exact) mass is 352 g/mol. The highest BCUT2D eigenvalue weighted by atomic mass is 79.9. The Morgan fingerprint density at radius 2 is 1.76 bits per heavy atom. The van der Waals surface area contributed by atoms with Crippen LogP contribution >= 0.6 is 15.9 Å². The lowest BCUT2D eigenvalue weighted by atomic mass is 10.0. The number of hydrogen-bond donors (Lipinski definition) is 0. The van der Waals surface area contributed by atoms with Crippen molar-refractivity contribution < 1.29 is 18.7 Å². The van der Waals surface area contributed by atoms with Gasteiger partial charge < -0.3 is 9.47 Å². The van der Waals surface area contributed by atoms with Crippen molar-refractivity contribution in [2.24, 2.45) is 0 Å². The quantitative estimate of drug-likeness (QED) is 0.775. The number of rotatable bonds is 4. The number of ether oxygens (including phenoxy) is 2. The normalized spacial score (nSPS) is 10.3. The number of benzene rings is 2. The minimum Gasteiger partial charge on any atom is -0.495 e. The highest BCUT2D eigenvalue weighted by Crippen LogP contribution is 2.38. The van der Waals surface area contributed by atoms with Crippen molar-refractivity contribution >= 4 is 21.7 Å².